The molecule has 192 valence electrons. The zero-order chi connectivity index (χ0) is 26.3. The van der Waals surface area contributed by atoms with Gasteiger partial charge in [0.1, 0.15) is 18.0 Å². The Labute approximate surface area is 208 Å². The Balaban J connectivity index is 1.35. The number of hydrogen-bond donors (Lipinski definition) is 0. The molecule has 0 bridgehead atoms. The van der Waals surface area contributed by atoms with Crippen molar-refractivity contribution in [2.75, 3.05) is 0 Å². The lowest BCUT2D eigenvalue weighted by Gasteiger charge is -2.15. The van der Waals surface area contributed by atoms with Crippen LogP contribution in [-0.2, 0) is 25.4 Å². The van der Waals surface area contributed by atoms with Gasteiger partial charge in [-0.05, 0) is 77.6 Å². The van der Waals surface area contributed by atoms with Crippen LogP contribution in [0.4, 0.5) is 26.3 Å². The van der Waals surface area contributed by atoms with Crippen molar-refractivity contribution in [2.24, 2.45) is 11.8 Å². The van der Waals surface area contributed by atoms with Gasteiger partial charge in [0.15, 0.2) is 5.69 Å². The molecule has 2 aliphatic rings. The lowest BCUT2D eigenvalue weighted by molar-refractivity contribution is -0.140. The Morgan fingerprint density at radius 1 is 1.00 bits per heavy atom. The molecule has 3 atom stereocenters. The fourth-order valence-electron chi connectivity index (χ4n) is 5.73. The number of halogens is 6. The van der Waals surface area contributed by atoms with Crippen molar-refractivity contribution in [1.29, 1.82) is 0 Å². The van der Waals surface area contributed by atoms with E-state index in [4.69, 9.17) is 4.74 Å². The van der Waals surface area contributed by atoms with Gasteiger partial charge in [0.2, 0.25) is 0 Å². The van der Waals surface area contributed by atoms with Crippen LogP contribution in [0.2, 0.25) is 0 Å². The first kappa shape index (κ1) is 23.9. The Kier molecular flexibility index (Phi) is 5.17. The second-order valence-corrected chi connectivity index (χ2v) is 9.94. The number of fused-ring (bicyclic) bond motifs is 4. The number of aromatic nitrogens is 2. The van der Waals surface area contributed by atoms with Gasteiger partial charge in [-0.25, -0.2) is 4.98 Å². The van der Waals surface area contributed by atoms with Gasteiger partial charge in [-0.1, -0.05) is 31.2 Å². The summed E-state index contributed by atoms with van der Waals surface area (Å²) in [6, 6.07) is 12.3. The van der Waals surface area contributed by atoms with Gasteiger partial charge in [0, 0.05) is 11.8 Å². The van der Waals surface area contributed by atoms with E-state index in [0.29, 0.717) is 34.8 Å². The second kappa shape index (κ2) is 8.00. The molecule has 2 aliphatic carbocycles. The van der Waals surface area contributed by atoms with E-state index < -0.39 is 29.3 Å². The molecule has 2 aromatic heterocycles. The summed E-state index contributed by atoms with van der Waals surface area (Å²) in [7, 11) is 0. The molecule has 0 aliphatic heterocycles. The summed E-state index contributed by atoms with van der Waals surface area (Å²) in [5, 5.41) is 0. The highest BCUT2D eigenvalue weighted by molar-refractivity contribution is 5.72. The molecule has 0 saturated heterocycles. The maximum atomic E-state index is 13.9. The van der Waals surface area contributed by atoms with E-state index in [1.54, 1.807) is 19.1 Å². The number of benzene rings is 2. The number of nitrogens with zero attached hydrogens (tertiary/aromatic N) is 2. The third-order valence-electron chi connectivity index (χ3n) is 7.81. The smallest absolute Gasteiger partial charge is 0.435 e. The van der Waals surface area contributed by atoms with Gasteiger partial charge in [-0.2, -0.15) is 26.3 Å². The van der Waals surface area contributed by atoms with Crippen molar-refractivity contribution in [1.82, 2.24) is 9.38 Å². The van der Waals surface area contributed by atoms with Gasteiger partial charge in [0.05, 0.1) is 11.3 Å². The second-order valence-electron chi connectivity index (χ2n) is 9.94. The Hall–Kier alpha value is -3.49. The summed E-state index contributed by atoms with van der Waals surface area (Å²) >= 11 is 0. The average molecular weight is 516 g/mol. The zero-order valence-corrected chi connectivity index (χ0v) is 19.9. The van der Waals surface area contributed by atoms with Crippen LogP contribution in [0.3, 0.4) is 0 Å². The molecule has 3 nitrogen and oxygen atoms in total. The predicted molar refractivity (Wildman–Crippen MR) is 125 cm³/mol. The zero-order valence-electron chi connectivity index (χ0n) is 19.9. The number of imidazole rings is 1. The van der Waals surface area contributed by atoms with E-state index in [1.807, 2.05) is 12.1 Å². The van der Waals surface area contributed by atoms with Crippen LogP contribution in [0.1, 0.15) is 46.4 Å². The van der Waals surface area contributed by atoms with Crippen LogP contribution in [0.25, 0.3) is 16.9 Å². The summed E-state index contributed by atoms with van der Waals surface area (Å²) in [6.07, 6.45) is -7.54. The van der Waals surface area contributed by atoms with E-state index in [0.717, 1.165) is 29.0 Å². The van der Waals surface area contributed by atoms with Crippen molar-refractivity contribution in [3.63, 3.8) is 0 Å². The number of ether oxygens (including phenoxy) is 1. The molecule has 4 aromatic rings. The van der Waals surface area contributed by atoms with Crippen molar-refractivity contribution in [2.45, 2.75) is 45.1 Å². The molecule has 9 heteroatoms. The van der Waals surface area contributed by atoms with Gasteiger partial charge in [0.25, 0.3) is 0 Å². The first-order valence-electron chi connectivity index (χ1n) is 11.9. The molecule has 6 rings (SSSR count). The first-order valence-corrected chi connectivity index (χ1v) is 11.9. The Bertz CT molecular complexity index is 1530. The van der Waals surface area contributed by atoms with E-state index >= 15 is 0 Å². The number of pyridine rings is 1. The van der Waals surface area contributed by atoms with Gasteiger partial charge >= 0.3 is 12.4 Å². The summed E-state index contributed by atoms with van der Waals surface area (Å²) in [5.41, 5.74) is 1.06. The molecule has 2 heterocycles. The minimum atomic E-state index is -4.86. The molecule has 1 fully saturated rings. The fraction of sp³-hybridized carbons (Fsp3) is 0.321. The van der Waals surface area contributed by atoms with E-state index in [1.165, 1.54) is 17.2 Å². The molecule has 37 heavy (non-hydrogen) atoms. The summed E-state index contributed by atoms with van der Waals surface area (Å²) < 4.78 is 88.4. The fourth-order valence-corrected chi connectivity index (χ4v) is 5.73. The van der Waals surface area contributed by atoms with Crippen LogP contribution >= 0.6 is 0 Å². The SMILES string of the molecule is Cc1c(COc2ccc3c(c2)CC2C(C)C32)cccc1-c1c(C(F)(F)F)nc2cc(C(F)(F)F)ccn12. The lowest BCUT2D eigenvalue weighted by Crippen LogP contribution is -2.09. The normalized spacial score (nSPS) is 20.7. The van der Waals surface area contributed by atoms with Crippen molar-refractivity contribution in [3.8, 4) is 17.0 Å². The van der Waals surface area contributed by atoms with Gasteiger partial charge in [-0.3, -0.25) is 4.40 Å². The molecule has 2 aromatic carbocycles. The summed E-state index contributed by atoms with van der Waals surface area (Å²) in [5.74, 6) is 2.78. The maximum Gasteiger partial charge on any atom is 0.435 e. The van der Waals surface area contributed by atoms with Crippen LogP contribution in [0.15, 0.2) is 54.7 Å². The molecule has 0 spiro atoms. The van der Waals surface area contributed by atoms with E-state index in [-0.39, 0.29) is 17.9 Å². The van der Waals surface area contributed by atoms with Gasteiger partial charge < -0.3 is 4.74 Å². The van der Waals surface area contributed by atoms with Crippen LogP contribution in [0, 0.1) is 18.8 Å². The number of hydrogen-bond acceptors (Lipinski definition) is 2. The molecule has 0 amide bonds. The lowest BCUT2D eigenvalue weighted by atomic mass is 9.99. The van der Waals surface area contributed by atoms with E-state index in [2.05, 4.69) is 18.0 Å². The molecular formula is C28H22F6N2O. The third kappa shape index (κ3) is 3.95. The van der Waals surface area contributed by atoms with Crippen LogP contribution in [-0.4, -0.2) is 9.38 Å². The molecular weight excluding hydrogens is 494 g/mol. The Morgan fingerprint density at radius 2 is 1.78 bits per heavy atom. The van der Waals surface area contributed by atoms with Gasteiger partial charge in [-0.15, -0.1) is 0 Å². The minimum absolute atomic E-state index is 0.137. The molecule has 0 N–H and O–H groups in total. The third-order valence-corrected chi connectivity index (χ3v) is 7.81. The minimum Gasteiger partial charge on any atom is -0.489 e. The predicted octanol–water partition coefficient (Wildman–Crippen LogP) is 7.83. The largest absolute Gasteiger partial charge is 0.489 e. The molecule has 1 saturated carbocycles. The Morgan fingerprint density at radius 3 is 2.51 bits per heavy atom. The highest BCUT2D eigenvalue weighted by Gasteiger charge is 2.52. The highest BCUT2D eigenvalue weighted by Crippen LogP contribution is 2.61. The summed E-state index contributed by atoms with van der Waals surface area (Å²) in [4.78, 5) is 3.55. The van der Waals surface area contributed by atoms with Crippen molar-refractivity contribution < 1.29 is 31.1 Å². The maximum absolute atomic E-state index is 13.9. The average Bonchev–Trinajstić information content (AvgIpc) is 3.17. The van der Waals surface area contributed by atoms with E-state index in [9.17, 15) is 26.3 Å². The van der Waals surface area contributed by atoms with Crippen molar-refractivity contribution in [3.05, 3.63) is 88.2 Å². The van der Waals surface area contributed by atoms with Crippen LogP contribution in [0.5, 0.6) is 5.75 Å². The topological polar surface area (TPSA) is 26.5 Å². The van der Waals surface area contributed by atoms with Crippen molar-refractivity contribution >= 4 is 5.65 Å². The molecule has 3 unspecified atom stereocenters. The summed E-state index contributed by atoms with van der Waals surface area (Å²) in [6.45, 7) is 4.08. The number of rotatable bonds is 4. The monoisotopic (exact) mass is 516 g/mol. The first-order chi connectivity index (χ1) is 17.4. The number of alkyl halides is 6. The quantitative estimate of drug-likeness (QED) is 0.259. The highest BCUT2D eigenvalue weighted by atomic mass is 19.4. The van der Waals surface area contributed by atoms with Crippen LogP contribution < -0.4 is 4.74 Å². The standard InChI is InChI=1S/C28H22F6N2O/c1-14-16(13-37-19-6-7-21-17(10-19)11-22-15(2)24(21)22)4-3-5-20(14)25-26(28(32,33)34)35-23-12-18(27(29,30)31)8-9-36(23)25/h3-10,12,15,22,24H,11,13H2,1-2H3. The molecule has 0 radical (unpaired) electrons.